The molecule has 3 N–H and O–H groups in total. The number of hydrogen-bond donors (Lipinski definition) is 2. The van der Waals surface area contributed by atoms with Crippen LogP contribution in [0.1, 0.15) is 13.3 Å². The number of halogens is 2. The molecule has 0 aliphatic carbocycles. The van der Waals surface area contributed by atoms with Gasteiger partial charge in [-0.2, -0.15) is 0 Å². The van der Waals surface area contributed by atoms with Gasteiger partial charge < -0.3 is 5.73 Å². The fourth-order valence-electron chi connectivity index (χ4n) is 1.13. The minimum Gasteiger partial charge on any atom is -0.327 e. The predicted molar refractivity (Wildman–Crippen MR) is 59.8 cm³/mol. The highest BCUT2D eigenvalue weighted by Gasteiger charge is 2.16. The zero-order valence-electron chi connectivity index (χ0n) is 9.28. The van der Waals surface area contributed by atoms with Crippen molar-refractivity contribution in [3.63, 3.8) is 0 Å². The first-order valence-corrected chi connectivity index (χ1v) is 6.55. The highest BCUT2D eigenvalue weighted by atomic mass is 32.2. The van der Waals surface area contributed by atoms with Crippen LogP contribution in [0.3, 0.4) is 0 Å². The molecule has 17 heavy (non-hydrogen) atoms. The third kappa shape index (κ3) is 4.03. The van der Waals surface area contributed by atoms with E-state index in [0.717, 1.165) is 12.1 Å². The van der Waals surface area contributed by atoms with E-state index < -0.39 is 26.6 Å². The summed E-state index contributed by atoms with van der Waals surface area (Å²) in [5.41, 5.74) is 5.54. The standard InChI is InChI=1S/C10H14F2N2O2S/c1-2-9(13)6-14-17(15,16)10-4-7(11)3-8(12)5-10/h3-5,9,14H,2,6,13H2,1H3. The van der Waals surface area contributed by atoms with E-state index in [2.05, 4.69) is 4.72 Å². The molecule has 0 radical (unpaired) electrons. The van der Waals surface area contributed by atoms with E-state index >= 15 is 0 Å². The molecule has 0 heterocycles. The molecule has 1 aromatic rings. The second kappa shape index (κ2) is 5.52. The highest BCUT2D eigenvalue weighted by Crippen LogP contribution is 2.13. The van der Waals surface area contributed by atoms with Gasteiger partial charge in [0.1, 0.15) is 11.6 Å². The quantitative estimate of drug-likeness (QED) is 0.832. The molecule has 1 unspecified atom stereocenters. The molecule has 0 aliphatic heterocycles. The van der Waals surface area contributed by atoms with Crippen molar-refractivity contribution in [3.05, 3.63) is 29.8 Å². The van der Waals surface area contributed by atoms with Gasteiger partial charge in [0.25, 0.3) is 0 Å². The van der Waals surface area contributed by atoms with E-state index in [1.54, 1.807) is 6.92 Å². The van der Waals surface area contributed by atoms with Gasteiger partial charge in [-0.05, 0) is 18.6 Å². The number of nitrogens with two attached hydrogens (primary N) is 1. The summed E-state index contributed by atoms with van der Waals surface area (Å²) >= 11 is 0. The first-order chi connectivity index (χ1) is 7.85. The maximum absolute atomic E-state index is 12.9. The van der Waals surface area contributed by atoms with E-state index in [1.165, 1.54) is 0 Å². The number of nitrogens with one attached hydrogen (secondary N) is 1. The predicted octanol–water partition coefficient (Wildman–Crippen LogP) is 0.980. The van der Waals surface area contributed by atoms with E-state index in [9.17, 15) is 17.2 Å². The molecule has 1 atom stereocenters. The summed E-state index contributed by atoms with van der Waals surface area (Å²) in [6.07, 6.45) is 0.597. The van der Waals surface area contributed by atoms with Crippen LogP contribution in [0.4, 0.5) is 8.78 Å². The summed E-state index contributed by atoms with van der Waals surface area (Å²) in [5, 5.41) is 0. The Morgan fingerprint density at radius 3 is 2.29 bits per heavy atom. The van der Waals surface area contributed by atoms with Crippen LogP contribution in [0.2, 0.25) is 0 Å². The Balaban J connectivity index is 2.89. The van der Waals surface area contributed by atoms with Crippen molar-refractivity contribution in [2.75, 3.05) is 6.54 Å². The Bertz CT molecular complexity index is 471. The van der Waals surface area contributed by atoms with Gasteiger partial charge in [0.2, 0.25) is 10.0 Å². The van der Waals surface area contributed by atoms with Crippen LogP contribution in [-0.4, -0.2) is 21.0 Å². The molecule has 0 bridgehead atoms. The Hall–Kier alpha value is -1.05. The van der Waals surface area contributed by atoms with Crippen molar-refractivity contribution in [2.24, 2.45) is 5.73 Å². The summed E-state index contributed by atoms with van der Waals surface area (Å²) in [5.74, 6) is -1.88. The molecular weight excluding hydrogens is 250 g/mol. The molecule has 0 aliphatic rings. The summed E-state index contributed by atoms with van der Waals surface area (Å²) in [4.78, 5) is -0.446. The first-order valence-electron chi connectivity index (χ1n) is 5.06. The van der Waals surface area contributed by atoms with Gasteiger partial charge in [-0.1, -0.05) is 6.92 Å². The maximum atomic E-state index is 12.9. The van der Waals surface area contributed by atoms with Gasteiger partial charge in [-0.25, -0.2) is 21.9 Å². The van der Waals surface area contributed by atoms with Crippen LogP contribution in [-0.2, 0) is 10.0 Å². The lowest BCUT2D eigenvalue weighted by Gasteiger charge is -2.11. The van der Waals surface area contributed by atoms with E-state index in [0.29, 0.717) is 12.5 Å². The van der Waals surface area contributed by atoms with Gasteiger partial charge in [-0.15, -0.1) is 0 Å². The van der Waals surface area contributed by atoms with E-state index in [4.69, 9.17) is 5.73 Å². The molecule has 0 saturated heterocycles. The molecule has 7 heteroatoms. The smallest absolute Gasteiger partial charge is 0.240 e. The van der Waals surface area contributed by atoms with Crippen molar-refractivity contribution >= 4 is 10.0 Å². The van der Waals surface area contributed by atoms with Crippen molar-refractivity contribution in [1.29, 1.82) is 0 Å². The second-order valence-corrected chi connectivity index (χ2v) is 5.39. The van der Waals surface area contributed by atoms with Crippen molar-refractivity contribution in [3.8, 4) is 0 Å². The fraction of sp³-hybridized carbons (Fsp3) is 0.400. The summed E-state index contributed by atoms with van der Waals surface area (Å²) in [6, 6.07) is 1.78. The Morgan fingerprint density at radius 1 is 1.29 bits per heavy atom. The third-order valence-electron chi connectivity index (χ3n) is 2.21. The summed E-state index contributed by atoms with van der Waals surface area (Å²) in [7, 11) is -3.92. The van der Waals surface area contributed by atoms with Crippen LogP contribution in [0.15, 0.2) is 23.1 Å². The molecule has 96 valence electrons. The topological polar surface area (TPSA) is 72.2 Å². The second-order valence-electron chi connectivity index (χ2n) is 3.63. The van der Waals surface area contributed by atoms with Crippen LogP contribution in [0.5, 0.6) is 0 Å². The SMILES string of the molecule is CCC(N)CNS(=O)(=O)c1cc(F)cc(F)c1. The van der Waals surface area contributed by atoms with Crippen molar-refractivity contribution in [2.45, 2.75) is 24.3 Å². The van der Waals surface area contributed by atoms with Crippen LogP contribution in [0, 0.1) is 11.6 Å². The summed E-state index contributed by atoms with van der Waals surface area (Å²) in [6.45, 7) is 1.83. The molecule has 0 amide bonds. The molecule has 4 nitrogen and oxygen atoms in total. The minimum absolute atomic E-state index is 0.0248. The van der Waals surface area contributed by atoms with E-state index in [-0.39, 0.29) is 12.6 Å². The average Bonchev–Trinajstić information content (AvgIpc) is 2.24. The lowest BCUT2D eigenvalue weighted by Crippen LogP contribution is -2.36. The van der Waals surface area contributed by atoms with Gasteiger partial charge in [0.15, 0.2) is 0 Å². The zero-order valence-corrected chi connectivity index (χ0v) is 10.1. The van der Waals surface area contributed by atoms with Gasteiger partial charge >= 0.3 is 0 Å². The van der Waals surface area contributed by atoms with Crippen LogP contribution in [0.25, 0.3) is 0 Å². The molecule has 0 aromatic heterocycles. The van der Waals surface area contributed by atoms with Gasteiger partial charge in [0, 0.05) is 18.7 Å². The molecule has 0 spiro atoms. The lowest BCUT2D eigenvalue weighted by molar-refractivity contribution is 0.552. The average molecular weight is 264 g/mol. The largest absolute Gasteiger partial charge is 0.327 e. The lowest BCUT2D eigenvalue weighted by atomic mass is 10.2. The molecular formula is C10H14F2N2O2S. The minimum atomic E-state index is -3.92. The Kier molecular flexibility index (Phi) is 4.55. The highest BCUT2D eigenvalue weighted by molar-refractivity contribution is 7.89. The van der Waals surface area contributed by atoms with Gasteiger partial charge in [0.05, 0.1) is 4.90 Å². The Labute approximate surface area is 98.9 Å². The molecule has 1 rings (SSSR count). The van der Waals surface area contributed by atoms with Crippen molar-refractivity contribution in [1.82, 2.24) is 4.72 Å². The van der Waals surface area contributed by atoms with E-state index in [1.807, 2.05) is 0 Å². The number of rotatable bonds is 5. The number of benzene rings is 1. The molecule has 0 fully saturated rings. The summed E-state index contributed by atoms with van der Waals surface area (Å²) < 4.78 is 51.2. The molecule has 0 saturated carbocycles. The first kappa shape index (κ1) is 14.0. The maximum Gasteiger partial charge on any atom is 0.240 e. The van der Waals surface area contributed by atoms with Crippen LogP contribution >= 0.6 is 0 Å². The fourth-order valence-corrected chi connectivity index (χ4v) is 2.26. The molecule has 1 aromatic carbocycles. The van der Waals surface area contributed by atoms with Crippen LogP contribution < -0.4 is 10.5 Å². The normalized spacial score (nSPS) is 13.6. The zero-order chi connectivity index (χ0) is 13.1. The monoisotopic (exact) mass is 264 g/mol. The Morgan fingerprint density at radius 2 is 1.82 bits per heavy atom. The van der Waals surface area contributed by atoms with Crippen molar-refractivity contribution < 1.29 is 17.2 Å². The third-order valence-corrected chi connectivity index (χ3v) is 3.61. The number of hydrogen-bond acceptors (Lipinski definition) is 3. The number of sulfonamides is 1. The van der Waals surface area contributed by atoms with Gasteiger partial charge in [-0.3, -0.25) is 0 Å².